The van der Waals surface area contributed by atoms with E-state index in [-0.39, 0.29) is 20.1 Å². The van der Waals surface area contributed by atoms with E-state index in [0.717, 1.165) is 16.4 Å². The normalized spacial score (nSPS) is 11.1. The van der Waals surface area contributed by atoms with Gasteiger partial charge in [-0.15, -0.1) is 0 Å². The van der Waals surface area contributed by atoms with Gasteiger partial charge < -0.3 is 5.11 Å². The summed E-state index contributed by atoms with van der Waals surface area (Å²) in [5.74, 6) is 0.0432. The molecular formula is C19H16FOP. The van der Waals surface area contributed by atoms with Gasteiger partial charge in [-0.2, -0.15) is 0 Å². The summed E-state index contributed by atoms with van der Waals surface area (Å²) in [6, 6.07) is 22.4. The number of aromatic hydroxyl groups is 1. The van der Waals surface area contributed by atoms with Crippen molar-refractivity contribution >= 4 is 19.2 Å². The standard InChI is InChI=1S/C19H16FOP/c20-16-10-4-5-11-17(16)22-18-12-6-9-15(19(18)21)13-14-7-2-1-3-8-14/h1-12,21-22H,13H2. The first-order valence-electron chi connectivity index (χ1n) is 7.10. The van der Waals surface area contributed by atoms with Gasteiger partial charge in [0.05, 0.1) is 0 Å². The molecule has 0 aliphatic heterocycles. The van der Waals surface area contributed by atoms with Crippen LogP contribution in [0.3, 0.4) is 0 Å². The molecule has 0 amide bonds. The lowest BCUT2D eigenvalue weighted by atomic mass is 10.0. The molecule has 1 nitrogen and oxygen atoms in total. The van der Waals surface area contributed by atoms with Crippen molar-refractivity contribution in [2.24, 2.45) is 0 Å². The minimum atomic E-state index is -0.228. The first kappa shape index (κ1) is 14.7. The Morgan fingerprint density at radius 3 is 2.23 bits per heavy atom. The fourth-order valence-electron chi connectivity index (χ4n) is 2.36. The van der Waals surface area contributed by atoms with Crippen molar-refractivity contribution in [1.29, 1.82) is 0 Å². The molecule has 1 unspecified atom stereocenters. The molecular weight excluding hydrogens is 294 g/mol. The molecule has 0 bridgehead atoms. The molecule has 3 aromatic rings. The van der Waals surface area contributed by atoms with Crippen molar-refractivity contribution in [1.82, 2.24) is 0 Å². The van der Waals surface area contributed by atoms with Gasteiger partial charge in [-0.3, -0.25) is 0 Å². The Morgan fingerprint density at radius 1 is 0.773 bits per heavy atom. The van der Waals surface area contributed by atoms with E-state index in [0.29, 0.717) is 11.7 Å². The van der Waals surface area contributed by atoms with Crippen LogP contribution in [0.4, 0.5) is 4.39 Å². The van der Waals surface area contributed by atoms with Gasteiger partial charge in [-0.1, -0.05) is 75.3 Å². The van der Waals surface area contributed by atoms with Crippen LogP contribution in [0.5, 0.6) is 5.75 Å². The van der Waals surface area contributed by atoms with E-state index in [9.17, 15) is 9.50 Å². The van der Waals surface area contributed by atoms with E-state index in [1.165, 1.54) is 6.07 Å². The Hall–Kier alpha value is -2.18. The molecule has 0 aromatic heterocycles. The molecule has 110 valence electrons. The summed E-state index contributed by atoms with van der Waals surface area (Å²) in [4.78, 5) is 0. The topological polar surface area (TPSA) is 20.2 Å². The second-order valence-electron chi connectivity index (χ2n) is 5.08. The second-order valence-corrected chi connectivity index (χ2v) is 6.41. The van der Waals surface area contributed by atoms with Gasteiger partial charge in [0.1, 0.15) is 11.6 Å². The monoisotopic (exact) mass is 310 g/mol. The predicted octanol–water partition coefficient (Wildman–Crippen LogP) is 3.75. The molecule has 1 atom stereocenters. The molecule has 0 fully saturated rings. The van der Waals surface area contributed by atoms with E-state index in [2.05, 4.69) is 0 Å². The third kappa shape index (κ3) is 3.35. The summed E-state index contributed by atoms with van der Waals surface area (Å²) >= 11 is 0. The first-order valence-corrected chi connectivity index (χ1v) is 8.10. The lowest BCUT2D eigenvalue weighted by Crippen LogP contribution is -2.08. The van der Waals surface area contributed by atoms with E-state index >= 15 is 0 Å². The van der Waals surface area contributed by atoms with Gasteiger partial charge in [0, 0.05) is 17.0 Å². The molecule has 0 spiro atoms. The summed E-state index contributed by atoms with van der Waals surface area (Å²) in [5, 5.41) is 11.9. The van der Waals surface area contributed by atoms with Gasteiger partial charge in [-0.05, 0) is 17.2 Å². The minimum Gasteiger partial charge on any atom is -0.507 e. The smallest absolute Gasteiger partial charge is 0.130 e. The maximum Gasteiger partial charge on any atom is 0.130 e. The Kier molecular flexibility index (Phi) is 4.50. The highest BCUT2D eigenvalue weighted by Gasteiger charge is 2.10. The second kappa shape index (κ2) is 6.72. The molecule has 0 radical (unpaired) electrons. The summed E-state index contributed by atoms with van der Waals surface area (Å²) in [6.07, 6.45) is 0.669. The largest absolute Gasteiger partial charge is 0.507 e. The van der Waals surface area contributed by atoms with Crippen LogP contribution in [0.2, 0.25) is 0 Å². The van der Waals surface area contributed by atoms with Crippen molar-refractivity contribution in [3.05, 3.63) is 89.7 Å². The average molecular weight is 310 g/mol. The molecule has 22 heavy (non-hydrogen) atoms. The zero-order valence-corrected chi connectivity index (χ0v) is 13.0. The Balaban J connectivity index is 1.88. The van der Waals surface area contributed by atoms with Crippen LogP contribution in [0.15, 0.2) is 72.8 Å². The van der Waals surface area contributed by atoms with Gasteiger partial charge in [0.25, 0.3) is 0 Å². The van der Waals surface area contributed by atoms with Gasteiger partial charge in [0.2, 0.25) is 0 Å². The van der Waals surface area contributed by atoms with Gasteiger partial charge in [0.15, 0.2) is 0 Å². The van der Waals surface area contributed by atoms with Crippen molar-refractivity contribution in [3.63, 3.8) is 0 Å². The van der Waals surface area contributed by atoms with Crippen LogP contribution in [-0.4, -0.2) is 5.11 Å². The Bertz CT molecular complexity index is 771. The molecule has 3 heteroatoms. The fourth-order valence-corrected chi connectivity index (χ4v) is 3.49. The van der Waals surface area contributed by atoms with Crippen LogP contribution in [-0.2, 0) is 6.42 Å². The number of hydrogen-bond acceptors (Lipinski definition) is 1. The fraction of sp³-hybridized carbons (Fsp3) is 0.0526. The maximum absolute atomic E-state index is 13.8. The van der Waals surface area contributed by atoms with Gasteiger partial charge in [-0.25, -0.2) is 4.39 Å². The summed E-state index contributed by atoms with van der Waals surface area (Å²) in [5.41, 5.74) is 2.01. The third-order valence-corrected chi connectivity index (χ3v) is 4.85. The average Bonchev–Trinajstić information content (AvgIpc) is 2.54. The number of phenols is 1. The van der Waals surface area contributed by atoms with Crippen LogP contribution >= 0.6 is 8.58 Å². The summed E-state index contributed by atoms with van der Waals surface area (Å²) in [6.45, 7) is 0. The van der Waals surface area contributed by atoms with Crippen molar-refractivity contribution in [2.75, 3.05) is 0 Å². The Morgan fingerprint density at radius 2 is 1.45 bits per heavy atom. The summed E-state index contributed by atoms with van der Waals surface area (Å²) in [7, 11) is 0.107. The number of halogens is 1. The molecule has 0 aliphatic carbocycles. The first-order chi connectivity index (χ1) is 10.7. The highest BCUT2D eigenvalue weighted by atomic mass is 31.1. The van der Waals surface area contributed by atoms with Crippen molar-refractivity contribution in [3.8, 4) is 5.75 Å². The van der Waals surface area contributed by atoms with Crippen LogP contribution in [0.25, 0.3) is 0 Å². The Labute approximate surface area is 131 Å². The SMILES string of the molecule is Oc1c(Cc2ccccc2)cccc1Pc1ccccc1F. The highest BCUT2D eigenvalue weighted by Crippen LogP contribution is 2.25. The number of phenolic OH excluding ortho intramolecular Hbond substituents is 1. The lowest BCUT2D eigenvalue weighted by molar-refractivity contribution is 0.474. The highest BCUT2D eigenvalue weighted by molar-refractivity contribution is 7.55. The molecule has 3 rings (SSSR count). The molecule has 3 aromatic carbocycles. The van der Waals surface area contributed by atoms with Crippen molar-refractivity contribution < 1.29 is 9.50 Å². The number of benzene rings is 3. The number of rotatable bonds is 4. The molecule has 0 aliphatic rings. The molecule has 0 heterocycles. The molecule has 0 saturated heterocycles. The van der Waals surface area contributed by atoms with E-state index < -0.39 is 0 Å². The van der Waals surface area contributed by atoms with Crippen molar-refractivity contribution in [2.45, 2.75) is 6.42 Å². The van der Waals surface area contributed by atoms with Crippen LogP contribution < -0.4 is 10.6 Å². The zero-order chi connectivity index (χ0) is 15.4. The van der Waals surface area contributed by atoms with Crippen LogP contribution in [0.1, 0.15) is 11.1 Å². The summed E-state index contributed by atoms with van der Waals surface area (Å²) < 4.78 is 13.8. The lowest BCUT2D eigenvalue weighted by Gasteiger charge is -2.10. The predicted molar refractivity (Wildman–Crippen MR) is 91.3 cm³/mol. The van der Waals surface area contributed by atoms with E-state index in [1.807, 2.05) is 54.6 Å². The number of para-hydroxylation sites is 1. The number of hydrogen-bond donors (Lipinski definition) is 1. The molecule has 1 N–H and O–H groups in total. The quantitative estimate of drug-likeness (QED) is 0.728. The molecule has 0 saturated carbocycles. The van der Waals surface area contributed by atoms with Gasteiger partial charge >= 0.3 is 0 Å². The van der Waals surface area contributed by atoms with E-state index in [4.69, 9.17) is 0 Å². The maximum atomic E-state index is 13.8. The third-order valence-electron chi connectivity index (χ3n) is 3.50. The zero-order valence-electron chi connectivity index (χ0n) is 12.0. The minimum absolute atomic E-state index is 0.107. The van der Waals surface area contributed by atoms with E-state index in [1.54, 1.807) is 12.1 Å². The van der Waals surface area contributed by atoms with Crippen LogP contribution in [0, 0.1) is 5.82 Å².